The molecule has 0 bridgehead atoms. The van der Waals surface area contributed by atoms with Crippen molar-refractivity contribution in [2.45, 2.75) is 27.7 Å². The largest absolute Gasteiger partial charge is 0.350 e. The first-order valence-electron chi connectivity index (χ1n) is 6.98. The van der Waals surface area contributed by atoms with Crippen LogP contribution in [0.3, 0.4) is 0 Å². The Hall–Kier alpha value is -1.56. The van der Waals surface area contributed by atoms with E-state index in [4.69, 9.17) is 4.99 Å². The average Bonchev–Trinajstić information content (AvgIpc) is 2.76. The molecule has 6 heteroatoms. The monoisotopic (exact) mass is 307 g/mol. The van der Waals surface area contributed by atoms with Crippen LogP contribution in [0, 0.1) is 22.5 Å². The quantitative estimate of drug-likeness (QED) is 0.626. The Morgan fingerprint density at radius 2 is 2.14 bits per heavy atom. The summed E-state index contributed by atoms with van der Waals surface area (Å²) < 4.78 is 0. The molecular formula is C15H21N3O2S. The van der Waals surface area contributed by atoms with Crippen LogP contribution in [-0.4, -0.2) is 33.8 Å². The molecule has 2 rings (SSSR count). The highest BCUT2D eigenvalue weighted by Gasteiger charge is 2.24. The third kappa shape index (κ3) is 4.20. The van der Waals surface area contributed by atoms with Crippen molar-refractivity contribution in [2.24, 2.45) is 10.4 Å². The van der Waals surface area contributed by atoms with Gasteiger partial charge in [-0.15, -0.1) is 0 Å². The van der Waals surface area contributed by atoms with Crippen molar-refractivity contribution in [1.82, 2.24) is 4.90 Å². The predicted octanol–water partition coefficient (Wildman–Crippen LogP) is 3.99. The van der Waals surface area contributed by atoms with Crippen LogP contribution in [0.4, 0.5) is 11.4 Å². The average molecular weight is 307 g/mol. The molecule has 1 saturated heterocycles. The summed E-state index contributed by atoms with van der Waals surface area (Å²) in [5.41, 5.74) is 1.97. The van der Waals surface area contributed by atoms with Crippen LogP contribution in [0.25, 0.3) is 0 Å². The van der Waals surface area contributed by atoms with Gasteiger partial charge in [0.15, 0.2) is 5.17 Å². The van der Waals surface area contributed by atoms with Crippen molar-refractivity contribution in [3.05, 3.63) is 33.9 Å². The summed E-state index contributed by atoms with van der Waals surface area (Å²) in [4.78, 5) is 17.4. The number of aryl methyl sites for hydroxylation is 1. The molecule has 0 atom stereocenters. The van der Waals surface area contributed by atoms with E-state index in [0.29, 0.717) is 0 Å². The number of non-ortho nitro benzene ring substituents is 1. The lowest BCUT2D eigenvalue weighted by Crippen LogP contribution is -2.33. The molecule has 1 heterocycles. The van der Waals surface area contributed by atoms with Gasteiger partial charge in [0.1, 0.15) is 0 Å². The maximum atomic E-state index is 10.8. The number of nitro groups is 1. The van der Waals surface area contributed by atoms with Gasteiger partial charge in [-0.25, -0.2) is 4.99 Å². The van der Waals surface area contributed by atoms with Crippen LogP contribution >= 0.6 is 11.8 Å². The Morgan fingerprint density at radius 1 is 1.43 bits per heavy atom. The van der Waals surface area contributed by atoms with Crippen LogP contribution in [-0.2, 0) is 0 Å². The highest BCUT2D eigenvalue weighted by Crippen LogP contribution is 2.29. The first-order valence-corrected chi connectivity index (χ1v) is 7.96. The van der Waals surface area contributed by atoms with Crippen LogP contribution in [0.15, 0.2) is 23.2 Å². The van der Waals surface area contributed by atoms with Crippen molar-refractivity contribution in [3.63, 3.8) is 0 Å². The van der Waals surface area contributed by atoms with Crippen LogP contribution in [0.1, 0.15) is 26.3 Å². The van der Waals surface area contributed by atoms with Crippen molar-refractivity contribution in [3.8, 4) is 0 Å². The molecule has 0 saturated carbocycles. The van der Waals surface area contributed by atoms with E-state index in [-0.39, 0.29) is 16.0 Å². The standard InChI is InChI=1S/C15H21N3O2S/c1-11-9-12(18(19)20)5-6-13(11)16-14-17(7-8-21-14)10-15(2,3)4/h5-6,9H,7-8,10H2,1-4H3/b16-14-. The summed E-state index contributed by atoms with van der Waals surface area (Å²) in [6.07, 6.45) is 0. The minimum atomic E-state index is -0.375. The van der Waals surface area contributed by atoms with Gasteiger partial charge >= 0.3 is 0 Å². The zero-order valence-corrected chi connectivity index (χ0v) is 13.7. The molecule has 21 heavy (non-hydrogen) atoms. The molecule has 0 unspecified atom stereocenters. The van der Waals surface area contributed by atoms with Gasteiger partial charge in [-0.1, -0.05) is 32.5 Å². The molecular weight excluding hydrogens is 286 g/mol. The lowest BCUT2D eigenvalue weighted by atomic mass is 9.96. The van der Waals surface area contributed by atoms with Gasteiger partial charge in [-0.05, 0) is 24.0 Å². The van der Waals surface area contributed by atoms with E-state index in [0.717, 1.165) is 35.3 Å². The number of benzene rings is 1. The van der Waals surface area contributed by atoms with E-state index >= 15 is 0 Å². The molecule has 0 aliphatic carbocycles. The Balaban J connectivity index is 2.24. The van der Waals surface area contributed by atoms with E-state index in [9.17, 15) is 10.1 Å². The second kappa shape index (κ2) is 6.05. The molecule has 114 valence electrons. The molecule has 5 nitrogen and oxygen atoms in total. The Labute approximate surface area is 129 Å². The summed E-state index contributed by atoms with van der Waals surface area (Å²) in [7, 11) is 0. The fourth-order valence-electron chi connectivity index (χ4n) is 2.24. The summed E-state index contributed by atoms with van der Waals surface area (Å²) in [6.45, 7) is 10.5. The van der Waals surface area contributed by atoms with Crippen molar-refractivity contribution < 1.29 is 4.92 Å². The number of thioether (sulfide) groups is 1. The van der Waals surface area contributed by atoms with Crippen molar-refractivity contribution >= 4 is 28.3 Å². The second-order valence-electron chi connectivity index (χ2n) is 6.45. The minimum Gasteiger partial charge on any atom is -0.350 e. The van der Waals surface area contributed by atoms with Gasteiger partial charge < -0.3 is 4.90 Å². The van der Waals surface area contributed by atoms with E-state index in [1.807, 2.05) is 6.92 Å². The number of amidine groups is 1. The molecule has 0 radical (unpaired) electrons. The summed E-state index contributed by atoms with van der Waals surface area (Å²) >= 11 is 1.75. The smallest absolute Gasteiger partial charge is 0.269 e. The maximum absolute atomic E-state index is 10.8. The van der Waals surface area contributed by atoms with Gasteiger partial charge in [0.2, 0.25) is 0 Å². The van der Waals surface area contributed by atoms with E-state index < -0.39 is 0 Å². The van der Waals surface area contributed by atoms with Gasteiger partial charge in [0.05, 0.1) is 10.6 Å². The summed E-state index contributed by atoms with van der Waals surface area (Å²) in [5.74, 6) is 1.04. The number of hydrogen-bond donors (Lipinski definition) is 0. The highest BCUT2D eigenvalue weighted by molar-refractivity contribution is 8.14. The fraction of sp³-hybridized carbons (Fsp3) is 0.533. The molecule has 1 fully saturated rings. The lowest BCUT2D eigenvalue weighted by molar-refractivity contribution is -0.384. The van der Waals surface area contributed by atoms with Gasteiger partial charge in [0, 0.05) is 31.0 Å². The molecule has 0 N–H and O–H groups in total. The van der Waals surface area contributed by atoms with Crippen molar-refractivity contribution in [2.75, 3.05) is 18.8 Å². The van der Waals surface area contributed by atoms with Gasteiger partial charge in [-0.3, -0.25) is 10.1 Å². The van der Waals surface area contributed by atoms with E-state index in [1.54, 1.807) is 23.9 Å². The van der Waals surface area contributed by atoms with E-state index in [2.05, 4.69) is 25.7 Å². The molecule has 0 aromatic heterocycles. The van der Waals surface area contributed by atoms with Gasteiger partial charge in [0.25, 0.3) is 5.69 Å². The zero-order valence-electron chi connectivity index (χ0n) is 12.9. The fourth-order valence-corrected chi connectivity index (χ4v) is 3.23. The zero-order chi connectivity index (χ0) is 15.6. The lowest BCUT2D eigenvalue weighted by Gasteiger charge is -2.27. The SMILES string of the molecule is Cc1cc([N+](=O)[O-])ccc1/N=C1\SCCN1CC(C)(C)C. The normalized spacial score (nSPS) is 17.5. The number of nitro benzene ring substituents is 1. The Bertz CT molecular complexity index is 579. The Morgan fingerprint density at radius 3 is 2.71 bits per heavy atom. The predicted molar refractivity (Wildman–Crippen MR) is 88.4 cm³/mol. The summed E-state index contributed by atoms with van der Waals surface area (Å²) in [5, 5.41) is 11.8. The number of nitrogens with zero attached hydrogens (tertiary/aromatic N) is 3. The first kappa shape index (κ1) is 15.8. The van der Waals surface area contributed by atoms with Crippen molar-refractivity contribution in [1.29, 1.82) is 0 Å². The second-order valence-corrected chi connectivity index (χ2v) is 7.52. The molecule has 1 aromatic rings. The number of rotatable bonds is 3. The van der Waals surface area contributed by atoms with Gasteiger partial charge in [-0.2, -0.15) is 0 Å². The molecule has 0 amide bonds. The highest BCUT2D eigenvalue weighted by atomic mass is 32.2. The molecule has 0 spiro atoms. The first-order chi connectivity index (χ1) is 9.76. The third-order valence-electron chi connectivity index (χ3n) is 3.14. The number of hydrogen-bond acceptors (Lipinski definition) is 4. The topological polar surface area (TPSA) is 58.7 Å². The molecule has 1 aliphatic heterocycles. The minimum absolute atomic E-state index is 0.113. The maximum Gasteiger partial charge on any atom is 0.269 e. The third-order valence-corrected chi connectivity index (χ3v) is 4.13. The molecule has 1 aromatic carbocycles. The molecule has 1 aliphatic rings. The van der Waals surface area contributed by atoms with Crippen LogP contribution in [0.5, 0.6) is 0 Å². The number of aliphatic imine (C=N–C) groups is 1. The summed E-state index contributed by atoms with van der Waals surface area (Å²) in [6, 6.07) is 4.82. The van der Waals surface area contributed by atoms with Crippen LogP contribution < -0.4 is 0 Å². The van der Waals surface area contributed by atoms with Crippen LogP contribution in [0.2, 0.25) is 0 Å². The van der Waals surface area contributed by atoms with E-state index in [1.165, 1.54) is 6.07 Å². The Kier molecular flexibility index (Phi) is 4.56.